The molecule has 7 nitrogen and oxygen atoms in total. The van der Waals surface area contributed by atoms with Crippen molar-refractivity contribution in [2.45, 2.75) is 6.61 Å². The first-order valence-corrected chi connectivity index (χ1v) is 8.33. The van der Waals surface area contributed by atoms with Crippen LogP contribution in [0.1, 0.15) is 16.2 Å². The van der Waals surface area contributed by atoms with Gasteiger partial charge < -0.3 is 24.1 Å². The number of carbonyl (C=O) groups excluding carboxylic acids is 1. The predicted molar refractivity (Wildman–Crippen MR) is 101 cm³/mol. The van der Waals surface area contributed by atoms with Crippen LogP contribution >= 0.6 is 0 Å². The highest BCUT2D eigenvalue weighted by Gasteiger charge is 2.11. The number of nitrogens with zero attached hydrogens (tertiary/aromatic N) is 2. The van der Waals surface area contributed by atoms with Gasteiger partial charge in [0.2, 0.25) is 0 Å². The number of aromatic nitrogens is 2. The normalized spacial score (nSPS) is 10.3. The fourth-order valence-corrected chi connectivity index (χ4v) is 2.50. The topological polar surface area (TPSA) is 74.6 Å². The summed E-state index contributed by atoms with van der Waals surface area (Å²) in [5, 5.41) is 2.85. The van der Waals surface area contributed by atoms with Crippen molar-refractivity contribution in [2.24, 2.45) is 7.05 Å². The minimum atomic E-state index is -0.238. The Balaban J connectivity index is 1.62. The minimum Gasteiger partial charge on any atom is -0.493 e. The van der Waals surface area contributed by atoms with E-state index in [2.05, 4.69) is 10.3 Å². The number of ether oxygens (including phenoxy) is 3. The van der Waals surface area contributed by atoms with Crippen molar-refractivity contribution in [3.8, 4) is 17.2 Å². The maximum atomic E-state index is 12.4. The SMILES string of the molecule is COc1ccc(C(=O)Nc2ccc(OCc3nccn3C)cc2)cc1OC. The summed E-state index contributed by atoms with van der Waals surface area (Å²) in [6, 6.07) is 12.2. The molecule has 0 radical (unpaired) electrons. The monoisotopic (exact) mass is 367 g/mol. The Labute approximate surface area is 157 Å². The Morgan fingerprint density at radius 3 is 2.44 bits per heavy atom. The Hall–Kier alpha value is -3.48. The third-order valence-corrected chi connectivity index (χ3v) is 4.05. The van der Waals surface area contributed by atoms with E-state index in [1.54, 1.807) is 55.8 Å². The van der Waals surface area contributed by atoms with E-state index in [4.69, 9.17) is 14.2 Å². The quantitative estimate of drug-likeness (QED) is 0.694. The summed E-state index contributed by atoms with van der Waals surface area (Å²) < 4.78 is 18.0. The molecule has 140 valence electrons. The van der Waals surface area contributed by atoms with Crippen LogP contribution in [0.3, 0.4) is 0 Å². The van der Waals surface area contributed by atoms with Crippen molar-refractivity contribution in [1.82, 2.24) is 9.55 Å². The van der Waals surface area contributed by atoms with Gasteiger partial charge in [0.25, 0.3) is 5.91 Å². The predicted octanol–water partition coefficient (Wildman–Crippen LogP) is 3.27. The molecule has 0 aliphatic heterocycles. The van der Waals surface area contributed by atoms with E-state index in [1.165, 1.54) is 7.11 Å². The Kier molecular flexibility index (Phi) is 5.61. The number of methoxy groups -OCH3 is 2. The smallest absolute Gasteiger partial charge is 0.255 e. The zero-order valence-electron chi connectivity index (χ0n) is 15.4. The fourth-order valence-electron chi connectivity index (χ4n) is 2.50. The third-order valence-electron chi connectivity index (χ3n) is 4.05. The highest BCUT2D eigenvalue weighted by molar-refractivity contribution is 6.04. The molecule has 1 heterocycles. The number of hydrogen-bond donors (Lipinski definition) is 1. The number of carbonyl (C=O) groups is 1. The summed E-state index contributed by atoms with van der Waals surface area (Å²) in [6.07, 6.45) is 3.59. The molecule has 3 rings (SSSR count). The van der Waals surface area contributed by atoms with Crippen LogP contribution in [0.25, 0.3) is 0 Å². The van der Waals surface area contributed by atoms with Gasteiger partial charge >= 0.3 is 0 Å². The summed E-state index contributed by atoms with van der Waals surface area (Å²) in [5.74, 6) is 2.37. The fraction of sp³-hybridized carbons (Fsp3) is 0.200. The molecule has 0 bridgehead atoms. The van der Waals surface area contributed by atoms with Crippen molar-refractivity contribution in [3.63, 3.8) is 0 Å². The maximum Gasteiger partial charge on any atom is 0.255 e. The molecule has 0 spiro atoms. The Morgan fingerprint density at radius 2 is 1.81 bits per heavy atom. The molecule has 1 aromatic heterocycles. The number of nitrogens with one attached hydrogen (secondary N) is 1. The number of anilines is 1. The van der Waals surface area contributed by atoms with E-state index < -0.39 is 0 Å². The number of aryl methyl sites for hydroxylation is 1. The van der Waals surface area contributed by atoms with E-state index in [-0.39, 0.29) is 5.91 Å². The van der Waals surface area contributed by atoms with Gasteiger partial charge in [0.1, 0.15) is 18.2 Å². The second-order valence-corrected chi connectivity index (χ2v) is 5.79. The molecule has 3 aromatic rings. The molecule has 0 aliphatic rings. The average Bonchev–Trinajstić information content (AvgIpc) is 3.11. The second-order valence-electron chi connectivity index (χ2n) is 5.79. The van der Waals surface area contributed by atoms with Crippen molar-refractivity contribution in [2.75, 3.05) is 19.5 Å². The summed E-state index contributed by atoms with van der Waals surface area (Å²) in [5.41, 5.74) is 1.14. The van der Waals surface area contributed by atoms with Gasteiger partial charge in [-0.1, -0.05) is 0 Å². The number of hydrogen-bond acceptors (Lipinski definition) is 5. The van der Waals surface area contributed by atoms with Crippen LogP contribution in [0.15, 0.2) is 54.9 Å². The van der Waals surface area contributed by atoms with Gasteiger partial charge in [-0.05, 0) is 42.5 Å². The summed E-state index contributed by atoms with van der Waals surface area (Å²) in [4.78, 5) is 16.6. The summed E-state index contributed by atoms with van der Waals surface area (Å²) in [6.45, 7) is 0.376. The molecule has 7 heteroatoms. The molecule has 27 heavy (non-hydrogen) atoms. The number of rotatable bonds is 7. The Bertz CT molecular complexity index is 919. The van der Waals surface area contributed by atoms with Crippen molar-refractivity contribution < 1.29 is 19.0 Å². The van der Waals surface area contributed by atoms with Crippen molar-refractivity contribution in [1.29, 1.82) is 0 Å². The molecule has 1 N–H and O–H groups in total. The van der Waals surface area contributed by atoms with Crippen LogP contribution in [0, 0.1) is 0 Å². The average molecular weight is 367 g/mol. The highest BCUT2D eigenvalue weighted by atomic mass is 16.5. The first-order chi connectivity index (χ1) is 13.1. The molecule has 0 unspecified atom stereocenters. The van der Waals surface area contributed by atoms with Gasteiger partial charge in [0.05, 0.1) is 14.2 Å². The molecular weight excluding hydrogens is 346 g/mol. The number of imidazole rings is 1. The first kappa shape index (κ1) is 18.3. The molecule has 1 amide bonds. The first-order valence-electron chi connectivity index (χ1n) is 8.33. The third kappa shape index (κ3) is 4.38. The molecule has 0 saturated heterocycles. The van der Waals surface area contributed by atoms with Crippen LogP contribution in [-0.4, -0.2) is 29.7 Å². The van der Waals surface area contributed by atoms with E-state index in [1.807, 2.05) is 17.8 Å². The zero-order valence-corrected chi connectivity index (χ0v) is 15.4. The molecular formula is C20H21N3O4. The van der Waals surface area contributed by atoms with Crippen LogP contribution < -0.4 is 19.5 Å². The van der Waals surface area contributed by atoms with Crippen molar-refractivity contribution in [3.05, 3.63) is 66.2 Å². The second kappa shape index (κ2) is 8.27. The van der Waals surface area contributed by atoms with Gasteiger partial charge in [0.15, 0.2) is 11.5 Å². The van der Waals surface area contributed by atoms with Gasteiger partial charge in [-0.15, -0.1) is 0 Å². The van der Waals surface area contributed by atoms with Gasteiger partial charge in [-0.25, -0.2) is 4.98 Å². The largest absolute Gasteiger partial charge is 0.493 e. The summed E-state index contributed by atoms with van der Waals surface area (Å²) in [7, 11) is 5.00. The highest BCUT2D eigenvalue weighted by Crippen LogP contribution is 2.28. The lowest BCUT2D eigenvalue weighted by Crippen LogP contribution is -2.12. The lowest BCUT2D eigenvalue weighted by Gasteiger charge is -2.11. The Morgan fingerprint density at radius 1 is 1.07 bits per heavy atom. The maximum absolute atomic E-state index is 12.4. The number of amides is 1. The van der Waals surface area contributed by atoms with E-state index >= 15 is 0 Å². The van der Waals surface area contributed by atoms with Crippen LogP contribution in [0.2, 0.25) is 0 Å². The summed E-state index contributed by atoms with van der Waals surface area (Å²) >= 11 is 0. The van der Waals surface area contributed by atoms with Gasteiger partial charge in [-0.3, -0.25) is 4.79 Å². The standard InChI is InChI=1S/C20H21N3O4/c1-23-11-10-21-19(23)13-27-16-7-5-15(6-8-16)22-20(24)14-4-9-17(25-2)18(12-14)26-3/h4-12H,13H2,1-3H3,(H,22,24). The molecule has 0 aliphatic carbocycles. The van der Waals surface area contributed by atoms with Gasteiger partial charge in [0, 0.05) is 30.7 Å². The van der Waals surface area contributed by atoms with E-state index in [9.17, 15) is 4.79 Å². The lowest BCUT2D eigenvalue weighted by molar-refractivity contribution is 0.102. The molecule has 0 saturated carbocycles. The molecule has 0 fully saturated rings. The van der Waals surface area contributed by atoms with Crippen LogP contribution in [-0.2, 0) is 13.7 Å². The van der Waals surface area contributed by atoms with Crippen LogP contribution in [0.5, 0.6) is 17.2 Å². The van der Waals surface area contributed by atoms with Crippen molar-refractivity contribution >= 4 is 11.6 Å². The molecule has 2 aromatic carbocycles. The van der Waals surface area contributed by atoms with E-state index in [0.717, 1.165) is 5.82 Å². The number of benzene rings is 2. The van der Waals surface area contributed by atoms with Crippen LogP contribution in [0.4, 0.5) is 5.69 Å². The van der Waals surface area contributed by atoms with E-state index in [0.29, 0.717) is 35.1 Å². The zero-order chi connectivity index (χ0) is 19.2. The molecule has 0 atom stereocenters. The van der Waals surface area contributed by atoms with Gasteiger partial charge in [-0.2, -0.15) is 0 Å². The lowest BCUT2D eigenvalue weighted by atomic mass is 10.2. The minimum absolute atomic E-state index is 0.238.